The molecule has 0 fully saturated rings. The molecule has 0 amide bonds. The molecule has 10 heteroatoms. The molecule has 2 aromatic carbocycles. The lowest BCUT2D eigenvalue weighted by Crippen LogP contribution is -2.53. The van der Waals surface area contributed by atoms with Crippen molar-refractivity contribution in [3.63, 3.8) is 0 Å². The third kappa shape index (κ3) is 3.94. The van der Waals surface area contributed by atoms with Crippen LogP contribution in [0.4, 0.5) is 0 Å². The second-order valence-electron chi connectivity index (χ2n) is 11.7. The van der Waals surface area contributed by atoms with Gasteiger partial charge in [0.2, 0.25) is 0 Å². The molecule has 38 heavy (non-hydrogen) atoms. The lowest BCUT2D eigenvalue weighted by molar-refractivity contribution is -0.539. The Hall–Kier alpha value is -2.58. The fraction of sp³-hybridized carbons (Fsp3) is 0.429. The van der Waals surface area contributed by atoms with Crippen molar-refractivity contribution in [1.29, 1.82) is 0 Å². The molecule has 2 aliphatic heterocycles. The summed E-state index contributed by atoms with van der Waals surface area (Å²) in [5, 5.41) is 53.5. The van der Waals surface area contributed by atoms with Crippen LogP contribution in [0.3, 0.4) is 0 Å². The van der Waals surface area contributed by atoms with E-state index in [1.807, 2.05) is 0 Å². The first-order chi connectivity index (χ1) is 17.4. The Balaban J connectivity index is 1.65. The zero-order chi connectivity index (χ0) is 28.6. The second kappa shape index (κ2) is 8.98. The zero-order valence-electron chi connectivity index (χ0n) is 22.6. The molecule has 2 heterocycles. The molecule has 2 aromatic rings. The van der Waals surface area contributed by atoms with Gasteiger partial charge in [-0.25, -0.2) is 0 Å². The molecule has 0 spiro atoms. The molecule has 0 aromatic heterocycles. The maximum absolute atomic E-state index is 13.0. The molecule has 2 aliphatic rings. The van der Waals surface area contributed by atoms with E-state index in [0.29, 0.717) is 31.2 Å². The SMILES string of the molecule is CC1(C)N([O])C(c2ccc(C#Cc3ccc(C4=[N+]([O-])C(C)(C)C(C)(C)N4[O])cc3Br)c(Br)c2)=[N+]([O-])C1(C)C. The third-order valence-electron chi connectivity index (χ3n) is 8.58. The van der Waals surface area contributed by atoms with E-state index in [-0.39, 0.29) is 11.7 Å². The normalized spacial score (nSPS) is 21.2. The van der Waals surface area contributed by atoms with Gasteiger partial charge in [-0.3, -0.25) is 9.48 Å². The number of hydrogen-bond donors (Lipinski definition) is 0. The van der Waals surface area contributed by atoms with Crippen LogP contribution in [0.15, 0.2) is 45.3 Å². The van der Waals surface area contributed by atoms with Gasteiger partial charge >= 0.3 is 11.7 Å². The van der Waals surface area contributed by atoms with Gasteiger partial charge in [-0.05, 0) is 124 Å². The first-order valence-corrected chi connectivity index (χ1v) is 13.7. The minimum Gasteiger partial charge on any atom is -0.714 e. The van der Waals surface area contributed by atoms with Crippen molar-refractivity contribution in [2.45, 2.75) is 77.5 Å². The Labute approximate surface area is 240 Å². The van der Waals surface area contributed by atoms with Gasteiger partial charge in [-0.15, -0.1) is 0 Å². The number of nitrogens with zero attached hydrogens (tertiary/aromatic N) is 4. The Morgan fingerprint density at radius 2 is 0.974 bits per heavy atom. The van der Waals surface area contributed by atoms with Crippen LogP contribution in [0.5, 0.6) is 0 Å². The molecular formula is C28H30Br2N4O4. The molecule has 0 N–H and O–H groups in total. The van der Waals surface area contributed by atoms with Crippen LogP contribution in [0.1, 0.15) is 77.6 Å². The highest BCUT2D eigenvalue weighted by atomic mass is 79.9. The van der Waals surface area contributed by atoms with E-state index in [1.165, 1.54) is 0 Å². The molecule has 0 atom stereocenters. The fourth-order valence-corrected chi connectivity index (χ4v) is 5.29. The molecule has 8 nitrogen and oxygen atoms in total. The summed E-state index contributed by atoms with van der Waals surface area (Å²) in [6.07, 6.45) is 0. The highest BCUT2D eigenvalue weighted by Crippen LogP contribution is 2.39. The van der Waals surface area contributed by atoms with E-state index in [1.54, 1.807) is 91.8 Å². The Morgan fingerprint density at radius 1 is 0.658 bits per heavy atom. The predicted octanol–water partition coefficient (Wildman–Crippen LogP) is 5.56. The number of rotatable bonds is 2. The monoisotopic (exact) mass is 644 g/mol. The van der Waals surface area contributed by atoms with E-state index in [4.69, 9.17) is 0 Å². The van der Waals surface area contributed by atoms with Crippen LogP contribution in [-0.4, -0.2) is 53.4 Å². The molecule has 2 radical (unpaired) electrons. The summed E-state index contributed by atoms with van der Waals surface area (Å²) < 4.78 is 2.84. The topological polar surface area (TPSA) is 98.4 Å². The van der Waals surface area contributed by atoms with Crippen LogP contribution in [0, 0.1) is 22.3 Å². The minimum atomic E-state index is -0.901. The maximum Gasteiger partial charge on any atom is 0.316 e. The highest BCUT2D eigenvalue weighted by molar-refractivity contribution is 9.10. The molecule has 0 saturated heterocycles. The lowest BCUT2D eigenvalue weighted by atomic mass is 9.84. The number of hydroxylamine groups is 6. The van der Waals surface area contributed by atoms with Gasteiger partial charge in [0, 0.05) is 30.5 Å². The molecule has 0 bridgehead atoms. The molecule has 0 unspecified atom stereocenters. The summed E-state index contributed by atoms with van der Waals surface area (Å²) in [6, 6.07) is 10.4. The van der Waals surface area contributed by atoms with Crippen LogP contribution >= 0.6 is 31.9 Å². The minimum absolute atomic E-state index is 0.0640. The molecule has 0 saturated carbocycles. The summed E-state index contributed by atoms with van der Waals surface area (Å²) in [7, 11) is 0. The number of benzene rings is 2. The largest absolute Gasteiger partial charge is 0.714 e. The molecule has 0 aliphatic carbocycles. The summed E-state index contributed by atoms with van der Waals surface area (Å²) in [6.45, 7) is 14.0. The average molecular weight is 646 g/mol. The number of hydrogen-bond acceptors (Lipinski definition) is 4. The number of halogens is 2. The zero-order valence-corrected chi connectivity index (χ0v) is 25.8. The standard InChI is InChI=1S/C28H30Br2N4O4/c1-25(2)26(3,4)32(36)23(31(25)35)19-13-11-17(21(29)15-19)9-10-18-12-14-20(16-22(18)30)24-33(37)27(5,6)28(7,8)34(24)38/h11-16H,1-8H3. The smallest absolute Gasteiger partial charge is 0.316 e. The van der Waals surface area contributed by atoms with E-state index in [0.717, 1.165) is 19.6 Å². The molecule has 4 rings (SSSR count). The predicted molar refractivity (Wildman–Crippen MR) is 151 cm³/mol. The van der Waals surface area contributed by atoms with Gasteiger partial charge in [-0.2, -0.15) is 0 Å². The van der Waals surface area contributed by atoms with Crippen LogP contribution < -0.4 is 0 Å². The van der Waals surface area contributed by atoms with Crippen LogP contribution in [-0.2, 0) is 10.4 Å². The van der Waals surface area contributed by atoms with Gasteiger partial charge in [0.25, 0.3) is 0 Å². The van der Waals surface area contributed by atoms with E-state index < -0.39 is 22.2 Å². The highest BCUT2D eigenvalue weighted by Gasteiger charge is 2.61. The van der Waals surface area contributed by atoms with Crippen molar-refractivity contribution < 1.29 is 19.9 Å². The van der Waals surface area contributed by atoms with Gasteiger partial charge in [0.15, 0.2) is 11.1 Å². The van der Waals surface area contributed by atoms with Crippen molar-refractivity contribution in [2.75, 3.05) is 0 Å². The lowest BCUT2D eigenvalue weighted by Gasteiger charge is -2.32. The van der Waals surface area contributed by atoms with Gasteiger partial charge < -0.3 is 10.4 Å². The summed E-state index contributed by atoms with van der Waals surface area (Å²) in [5.41, 5.74) is -1.27. The summed E-state index contributed by atoms with van der Waals surface area (Å²) >= 11 is 7.04. The second-order valence-corrected chi connectivity index (χ2v) is 13.4. The van der Waals surface area contributed by atoms with Gasteiger partial charge in [-0.1, -0.05) is 22.0 Å². The first kappa shape index (κ1) is 28.4. The molecule has 200 valence electrons. The van der Waals surface area contributed by atoms with Crippen LogP contribution in [0.2, 0.25) is 0 Å². The summed E-state index contributed by atoms with van der Waals surface area (Å²) in [4.78, 5) is 0. The van der Waals surface area contributed by atoms with Crippen molar-refractivity contribution >= 4 is 43.5 Å². The van der Waals surface area contributed by atoms with Gasteiger partial charge in [0.1, 0.15) is 11.1 Å². The van der Waals surface area contributed by atoms with Crippen molar-refractivity contribution in [2.24, 2.45) is 0 Å². The average Bonchev–Trinajstić information content (AvgIpc) is 3.02. The van der Waals surface area contributed by atoms with Gasteiger partial charge in [0.05, 0.1) is 11.1 Å². The Morgan fingerprint density at radius 3 is 1.21 bits per heavy atom. The van der Waals surface area contributed by atoms with E-state index in [9.17, 15) is 20.8 Å². The Bertz CT molecular complexity index is 1360. The fourth-order valence-electron chi connectivity index (χ4n) is 4.33. The van der Waals surface area contributed by atoms with Crippen molar-refractivity contribution in [3.05, 3.63) is 78.0 Å². The Kier molecular flexibility index (Phi) is 6.72. The van der Waals surface area contributed by atoms with E-state index in [2.05, 4.69) is 43.7 Å². The molecular weight excluding hydrogens is 616 g/mol. The first-order valence-electron chi connectivity index (χ1n) is 12.1. The number of amidine groups is 2. The van der Waals surface area contributed by atoms with Crippen molar-refractivity contribution in [1.82, 2.24) is 10.1 Å². The summed E-state index contributed by atoms with van der Waals surface area (Å²) in [5.74, 6) is 6.34. The van der Waals surface area contributed by atoms with Crippen LogP contribution in [0.25, 0.3) is 0 Å². The van der Waals surface area contributed by atoms with Crippen molar-refractivity contribution in [3.8, 4) is 11.8 Å². The van der Waals surface area contributed by atoms with E-state index >= 15 is 0 Å². The maximum atomic E-state index is 13.0. The third-order valence-corrected chi connectivity index (χ3v) is 9.89. The quantitative estimate of drug-likeness (QED) is 0.243.